The van der Waals surface area contributed by atoms with Gasteiger partial charge >= 0.3 is 0 Å². The van der Waals surface area contributed by atoms with Crippen molar-refractivity contribution in [2.75, 3.05) is 39.5 Å². The predicted octanol–water partition coefficient (Wildman–Crippen LogP) is 6.94. The van der Waals surface area contributed by atoms with Gasteiger partial charge in [-0.05, 0) is 42.2 Å². The second-order valence-corrected chi connectivity index (χ2v) is 12.7. The first-order valence-electron chi connectivity index (χ1n) is 16.4. The van der Waals surface area contributed by atoms with Crippen LogP contribution in [-0.2, 0) is 23.0 Å². The third-order valence-corrected chi connectivity index (χ3v) is 8.77. The standard InChI is InChI=1S/C28H44O3S.C6H15NO3/c1-3-5-7-9-11-13-15-19-24-23-25-20-17-18-22-27(25)28(32(29,30)31)26(24)21-16-14-12-10-8-6-4-2;8-4-1-7(2-5-9)3-6-10/h17-18,20,22-23H,3-16,19,21H2,1-2H3,(H,29,30,31);8-10H,1-6H2. The molecule has 0 radical (unpaired) electrons. The van der Waals surface area contributed by atoms with Crippen LogP contribution in [0.4, 0.5) is 0 Å². The SMILES string of the molecule is CCCCCCCCCc1cc2ccccc2c(S(=O)(=O)O)c1CCCCCCCCC.OCCN(CCO)CCO. The van der Waals surface area contributed by atoms with Crippen molar-refractivity contribution in [1.29, 1.82) is 0 Å². The van der Waals surface area contributed by atoms with Gasteiger partial charge in [0.2, 0.25) is 0 Å². The van der Waals surface area contributed by atoms with Crippen molar-refractivity contribution in [3.8, 4) is 0 Å². The summed E-state index contributed by atoms with van der Waals surface area (Å²) in [7, 11) is -4.28. The summed E-state index contributed by atoms with van der Waals surface area (Å²) in [6.07, 6.45) is 18.6. The number of nitrogens with zero attached hydrogens (tertiary/aromatic N) is 1. The molecule has 8 heteroatoms. The van der Waals surface area contributed by atoms with Crippen molar-refractivity contribution in [3.63, 3.8) is 0 Å². The highest BCUT2D eigenvalue weighted by Crippen LogP contribution is 2.32. The van der Waals surface area contributed by atoms with E-state index in [1.54, 1.807) is 4.90 Å². The molecule has 42 heavy (non-hydrogen) atoms. The van der Waals surface area contributed by atoms with Gasteiger partial charge in [0.15, 0.2) is 0 Å². The zero-order valence-corrected chi connectivity index (χ0v) is 27.2. The average molecular weight is 610 g/mol. The van der Waals surface area contributed by atoms with Crippen LogP contribution in [0.3, 0.4) is 0 Å². The summed E-state index contributed by atoms with van der Waals surface area (Å²) in [5.41, 5.74) is 1.96. The minimum atomic E-state index is -4.28. The van der Waals surface area contributed by atoms with Gasteiger partial charge in [0.1, 0.15) is 4.90 Å². The van der Waals surface area contributed by atoms with E-state index < -0.39 is 10.1 Å². The first-order chi connectivity index (χ1) is 20.3. The molecule has 0 aliphatic carbocycles. The lowest BCUT2D eigenvalue weighted by Crippen LogP contribution is -2.32. The number of benzene rings is 2. The molecule has 0 unspecified atom stereocenters. The van der Waals surface area contributed by atoms with E-state index in [-0.39, 0.29) is 24.7 Å². The molecule has 0 saturated carbocycles. The highest BCUT2D eigenvalue weighted by Gasteiger charge is 2.22. The predicted molar refractivity (Wildman–Crippen MR) is 175 cm³/mol. The van der Waals surface area contributed by atoms with Crippen LogP contribution in [0.25, 0.3) is 10.8 Å². The molecule has 0 spiro atoms. The van der Waals surface area contributed by atoms with Crippen molar-refractivity contribution in [3.05, 3.63) is 41.5 Å². The lowest BCUT2D eigenvalue weighted by atomic mass is 9.93. The topological polar surface area (TPSA) is 118 Å². The normalized spacial score (nSPS) is 11.7. The number of rotatable bonds is 23. The van der Waals surface area contributed by atoms with E-state index in [9.17, 15) is 13.0 Å². The van der Waals surface area contributed by atoms with E-state index in [0.717, 1.165) is 48.6 Å². The maximum Gasteiger partial charge on any atom is 0.295 e. The highest BCUT2D eigenvalue weighted by atomic mass is 32.2. The summed E-state index contributed by atoms with van der Waals surface area (Å²) in [5, 5.41) is 27.0. The third-order valence-electron chi connectivity index (χ3n) is 7.78. The Kier molecular flexibility index (Phi) is 21.8. The zero-order chi connectivity index (χ0) is 31.1. The molecule has 0 heterocycles. The van der Waals surface area contributed by atoms with E-state index in [1.165, 1.54) is 70.6 Å². The first-order valence-corrected chi connectivity index (χ1v) is 17.8. The molecule has 2 aromatic carbocycles. The van der Waals surface area contributed by atoms with E-state index in [1.807, 2.05) is 24.3 Å². The summed E-state index contributed by atoms with van der Waals surface area (Å²) in [5.74, 6) is 0. The fourth-order valence-corrected chi connectivity index (χ4v) is 6.50. The number of aliphatic hydroxyl groups excluding tert-OH is 3. The van der Waals surface area contributed by atoms with Gasteiger partial charge in [0, 0.05) is 25.0 Å². The molecular weight excluding hydrogens is 550 g/mol. The number of aryl methyl sites for hydroxylation is 1. The van der Waals surface area contributed by atoms with Crippen LogP contribution in [0.5, 0.6) is 0 Å². The Labute approximate surface area is 256 Å². The van der Waals surface area contributed by atoms with Crippen LogP contribution in [0.15, 0.2) is 35.2 Å². The molecule has 7 nitrogen and oxygen atoms in total. The molecular formula is C34H59NO6S. The maximum absolute atomic E-state index is 12.5. The van der Waals surface area contributed by atoms with Crippen molar-refractivity contribution in [2.24, 2.45) is 0 Å². The number of hydrogen-bond donors (Lipinski definition) is 4. The summed E-state index contributed by atoms with van der Waals surface area (Å²) in [4.78, 5) is 1.94. The summed E-state index contributed by atoms with van der Waals surface area (Å²) in [6, 6.07) is 9.73. The van der Waals surface area contributed by atoms with Crippen LogP contribution >= 0.6 is 0 Å². The molecule has 0 saturated heterocycles. The lowest BCUT2D eigenvalue weighted by molar-refractivity contribution is 0.136. The van der Waals surface area contributed by atoms with Gasteiger partial charge in [-0.2, -0.15) is 8.42 Å². The smallest absolute Gasteiger partial charge is 0.295 e. The summed E-state index contributed by atoms with van der Waals surface area (Å²) >= 11 is 0. The fraction of sp³-hybridized carbons (Fsp3) is 0.706. The Morgan fingerprint density at radius 2 is 1.10 bits per heavy atom. The van der Waals surface area contributed by atoms with Gasteiger partial charge in [-0.25, -0.2) is 0 Å². The maximum atomic E-state index is 12.5. The molecule has 0 atom stereocenters. The minimum absolute atomic E-state index is 0.0694. The van der Waals surface area contributed by atoms with E-state index in [0.29, 0.717) is 25.0 Å². The average Bonchev–Trinajstić information content (AvgIpc) is 2.96. The molecule has 0 aliphatic heterocycles. The van der Waals surface area contributed by atoms with Crippen LogP contribution in [0.1, 0.15) is 115 Å². The molecule has 0 amide bonds. The van der Waals surface area contributed by atoms with Crippen LogP contribution in [0, 0.1) is 0 Å². The van der Waals surface area contributed by atoms with Gasteiger partial charge in [-0.3, -0.25) is 9.45 Å². The van der Waals surface area contributed by atoms with Gasteiger partial charge in [-0.1, -0.05) is 121 Å². The quantitative estimate of drug-likeness (QED) is 0.0796. The molecule has 2 aromatic rings. The largest absolute Gasteiger partial charge is 0.395 e. The zero-order valence-electron chi connectivity index (χ0n) is 26.4. The first kappa shape index (κ1) is 38.5. The second kappa shape index (κ2) is 23.9. The monoisotopic (exact) mass is 609 g/mol. The number of hydrogen-bond acceptors (Lipinski definition) is 6. The van der Waals surface area contributed by atoms with Crippen LogP contribution < -0.4 is 0 Å². The molecule has 0 aromatic heterocycles. The van der Waals surface area contributed by atoms with Gasteiger partial charge < -0.3 is 15.3 Å². The van der Waals surface area contributed by atoms with Gasteiger partial charge in [0.05, 0.1) is 19.8 Å². The number of aliphatic hydroxyl groups is 3. The second-order valence-electron chi connectivity index (χ2n) is 11.3. The Hall–Kier alpha value is -1.55. The summed E-state index contributed by atoms with van der Waals surface area (Å²) in [6.45, 7) is 6.21. The lowest BCUT2D eigenvalue weighted by Gasteiger charge is -2.17. The Morgan fingerprint density at radius 3 is 1.57 bits per heavy atom. The highest BCUT2D eigenvalue weighted by molar-refractivity contribution is 7.86. The fourth-order valence-electron chi connectivity index (χ4n) is 5.50. The van der Waals surface area contributed by atoms with Crippen molar-refractivity contribution >= 4 is 20.9 Å². The van der Waals surface area contributed by atoms with E-state index >= 15 is 0 Å². The van der Waals surface area contributed by atoms with Crippen LogP contribution in [-0.4, -0.2) is 72.6 Å². The molecule has 0 fully saturated rings. The van der Waals surface area contributed by atoms with E-state index in [2.05, 4.69) is 19.9 Å². The van der Waals surface area contributed by atoms with Crippen LogP contribution in [0.2, 0.25) is 0 Å². The van der Waals surface area contributed by atoms with Gasteiger partial charge in [0.25, 0.3) is 10.1 Å². The minimum Gasteiger partial charge on any atom is -0.395 e. The molecule has 2 rings (SSSR count). The molecule has 0 aliphatic rings. The Morgan fingerprint density at radius 1 is 0.643 bits per heavy atom. The molecule has 4 N–H and O–H groups in total. The van der Waals surface area contributed by atoms with Crippen molar-refractivity contribution in [1.82, 2.24) is 4.90 Å². The van der Waals surface area contributed by atoms with Gasteiger partial charge in [-0.15, -0.1) is 0 Å². The number of unbranched alkanes of at least 4 members (excludes halogenated alkanes) is 12. The third kappa shape index (κ3) is 15.8. The van der Waals surface area contributed by atoms with Crippen molar-refractivity contribution < 1.29 is 28.3 Å². The Bertz CT molecular complexity index is 1050. The summed E-state index contributed by atoms with van der Waals surface area (Å²) < 4.78 is 35.1. The molecule has 242 valence electrons. The number of fused-ring (bicyclic) bond motifs is 1. The Balaban J connectivity index is 0.000000752. The molecule has 0 bridgehead atoms. The van der Waals surface area contributed by atoms with E-state index in [4.69, 9.17) is 15.3 Å². The van der Waals surface area contributed by atoms with Crippen molar-refractivity contribution in [2.45, 2.75) is 121 Å².